The van der Waals surface area contributed by atoms with Crippen molar-refractivity contribution in [1.82, 2.24) is 9.97 Å². The molecule has 0 radical (unpaired) electrons. The zero-order valence-corrected chi connectivity index (χ0v) is 39.5. The van der Waals surface area contributed by atoms with E-state index in [2.05, 4.69) is 119 Å². The molecule has 300 valence electrons. The predicted octanol–water partition coefficient (Wildman–Crippen LogP) is 14.7. The van der Waals surface area contributed by atoms with Gasteiger partial charge in [0.1, 0.15) is 0 Å². The third-order valence-electron chi connectivity index (χ3n) is 13.3. The number of benzene rings is 2. The number of nitrogens with one attached hydrogen (secondary N) is 1. The molecular weight excluding hydrogens is 859 g/mol. The van der Waals surface area contributed by atoms with E-state index >= 15 is 0 Å². The van der Waals surface area contributed by atoms with Gasteiger partial charge < -0.3 is 30.5 Å². The van der Waals surface area contributed by atoms with Crippen LogP contribution in [0.5, 0.6) is 0 Å². The number of nitrogens with zero attached hydrogens (tertiary/aromatic N) is 3. The molecule has 0 bridgehead atoms. The second-order valence-corrected chi connectivity index (χ2v) is 15.9. The molecule has 2 aromatic carbocycles. The summed E-state index contributed by atoms with van der Waals surface area (Å²) in [6.45, 7) is 12.1. The first-order valence-electron chi connectivity index (χ1n) is 21.3. The summed E-state index contributed by atoms with van der Waals surface area (Å²) in [5.41, 5.74) is 10.8. The van der Waals surface area contributed by atoms with Gasteiger partial charge in [-0.1, -0.05) is 138 Å². The van der Waals surface area contributed by atoms with Gasteiger partial charge in [-0.05, 0) is 89.5 Å². The Morgan fingerprint density at radius 3 is 1.81 bits per heavy atom. The molecule has 1 aliphatic heterocycles. The maximum absolute atomic E-state index is 4.83. The van der Waals surface area contributed by atoms with Crippen molar-refractivity contribution in [3.8, 4) is 22.4 Å². The third-order valence-corrected chi connectivity index (χ3v) is 13.3. The normalized spacial score (nSPS) is 19.1. The Kier molecular flexibility index (Phi) is 17.8. The van der Waals surface area contributed by atoms with Gasteiger partial charge in [0.05, 0.1) is 11.4 Å². The molecular formula is C52H68HfN4. The zero-order valence-electron chi connectivity index (χ0n) is 35.9. The second kappa shape index (κ2) is 21.8. The van der Waals surface area contributed by atoms with Crippen molar-refractivity contribution in [1.29, 1.82) is 0 Å². The number of aromatic nitrogens is 2. The van der Waals surface area contributed by atoms with Crippen molar-refractivity contribution in [2.45, 2.75) is 103 Å². The maximum Gasteiger partial charge on any atom is 4.00 e. The Bertz CT molecular complexity index is 1910. The summed E-state index contributed by atoms with van der Waals surface area (Å²) in [5.74, 6) is 1.92. The first-order valence-corrected chi connectivity index (χ1v) is 21.3. The zero-order chi connectivity index (χ0) is 37.4. The van der Waals surface area contributed by atoms with E-state index < -0.39 is 0 Å². The SMILES string of the molecule is C1=CC(C2(C3c4ccccc4-c4cccnc43)CCC2)C=C1.CC[N-]CC.CC[N-]CC.[CH3-].[CH3-].[Hf+4].c1c[nH]c2c(C3(C4CCCC4)CCC3)c3ccccc3c-2c1. The minimum atomic E-state index is 0. The van der Waals surface area contributed by atoms with E-state index in [0.29, 0.717) is 22.7 Å². The van der Waals surface area contributed by atoms with Crippen LogP contribution in [0.1, 0.15) is 115 Å². The monoisotopic (exact) mass is 928 g/mol. The molecule has 0 saturated heterocycles. The second-order valence-electron chi connectivity index (χ2n) is 15.9. The van der Waals surface area contributed by atoms with Gasteiger partial charge in [-0.15, -0.1) is 0 Å². The van der Waals surface area contributed by atoms with Crippen molar-refractivity contribution in [2.24, 2.45) is 17.3 Å². The van der Waals surface area contributed by atoms with Crippen LogP contribution in [0.25, 0.3) is 43.8 Å². The van der Waals surface area contributed by atoms with Crippen LogP contribution in [0.15, 0.2) is 109 Å². The molecule has 0 spiro atoms. The number of H-pyrrole nitrogens is 1. The van der Waals surface area contributed by atoms with Gasteiger partial charge in [-0.3, -0.25) is 4.98 Å². The summed E-state index contributed by atoms with van der Waals surface area (Å²) in [6, 6.07) is 26.7. The van der Waals surface area contributed by atoms with E-state index in [-0.39, 0.29) is 40.7 Å². The molecule has 3 fully saturated rings. The number of hydrogen-bond acceptors (Lipinski definition) is 1. The first-order chi connectivity index (χ1) is 26.6. The third kappa shape index (κ3) is 9.07. The summed E-state index contributed by atoms with van der Waals surface area (Å²) in [6.07, 6.45) is 27.2. The van der Waals surface area contributed by atoms with E-state index in [4.69, 9.17) is 4.98 Å². The first kappa shape index (κ1) is 46.6. The van der Waals surface area contributed by atoms with E-state index in [1.165, 1.54) is 109 Å². The predicted molar refractivity (Wildman–Crippen MR) is 244 cm³/mol. The van der Waals surface area contributed by atoms with Crippen molar-refractivity contribution in [2.75, 3.05) is 26.2 Å². The number of allylic oxidation sites excluding steroid dienone is 4. The molecule has 7 aliphatic rings. The number of rotatable bonds is 8. The van der Waals surface area contributed by atoms with E-state index in [0.717, 1.165) is 32.1 Å². The number of aromatic amines is 1. The van der Waals surface area contributed by atoms with Crippen molar-refractivity contribution < 1.29 is 25.8 Å². The Labute approximate surface area is 365 Å². The Morgan fingerprint density at radius 2 is 1.23 bits per heavy atom. The molecule has 3 aromatic rings. The molecule has 6 aliphatic carbocycles. The average Bonchev–Trinajstić information content (AvgIpc) is 4.01. The van der Waals surface area contributed by atoms with Crippen LogP contribution in [-0.2, 0) is 31.3 Å². The fourth-order valence-electron chi connectivity index (χ4n) is 10.6. The van der Waals surface area contributed by atoms with Crippen LogP contribution < -0.4 is 0 Å². The van der Waals surface area contributed by atoms with Crippen LogP contribution in [0, 0.1) is 32.1 Å². The van der Waals surface area contributed by atoms with E-state index in [1.807, 2.05) is 33.9 Å². The van der Waals surface area contributed by atoms with Crippen LogP contribution >= 0.6 is 0 Å². The van der Waals surface area contributed by atoms with Gasteiger partial charge in [-0.25, -0.2) is 0 Å². The molecule has 4 nitrogen and oxygen atoms in total. The minimum absolute atomic E-state index is 0. The Morgan fingerprint density at radius 1 is 0.649 bits per heavy atom. The van der Waals surface area contributed by atoms with Crippen molar-refractivity contribution >= 4 is 10.8 Å². The van der Waals surface area contributed by atoms with Crippen LogP contribution in [0.3, 0.4) is 0 Å². The molecule has 2 heterocycles. The van der Waals surface area contributed by atoms with Gasteiger partial charge in [0.2, 0.25) is 0 Å². The van der Waals surface area contributed by atoms with Crippen molar-refractivity contribution in [3.63, 3.8) is 0 Å². The fourth-order valence-corrected chi connectivity index (χ4v) is 10.6. The van der Waals surface area contributed by atoms with Gasteiger partial charge in [0.25, 0.3) is 0 Å². The standard InChI is InChI=1S/C21H23N.C21H19N.2C4H10N.2CH3.Hf/c2*1-2-8-15(7-1)21(12-6-13-21)19-17-10-4-3-9-16(17)18-11-5-14-22-20(18)19;2*1-3-5-4-2;;;/h3-5,9-11,14-15,22H,1-2,6-8,12-13H2;1-5,7-11,14-15,19H,6,12-13H2;2*3-4H2,1-2H3;2*1H3;/q;;4*-1;+4. The summed E-state index contributed by atoms with van der Waals surface area (Å²) < 4.78 is 0. The van der Waals surface area contributed by atoms with Gasteiger partial charge in [0.15, 0.2) is 0 Å². The Hall–Kier alpha value is -3.12. The molecule has 0 amide bonds. The van der Waals surface area contributed by atoms with Crippen LogP contribution in [0.4, 0.5) is 0 Å². The molecule has 5 heteroatoms. The Balaban J connectivity index is 0.000000197. The van der Waals surface area contributed by atoms with Crippen LogP contribution in [0.2, 0.25) is 0 Å². The molecule has 3 saturated carbocycles. The van der Waals surface area contributed by atoms with Gasteiger partial charge in [-0.2, -0.15) is 26.2 Å². The molecule has 1 atom stereocenters. The summed E-state index contributed by atoms with van der Waals surface area (Å²) in [7, 11) is 0. The molecule has 57 heavy (non-hydrogen) atoms. The summed E-state index contributed by atoms with van der Waals surface area (Å²) in [5, 5.41) is 10.9. The van der Waals surface area contributed by atoms with Gasteiger partial charge in [0, 0.05) is 40.8 Å². The number of pyridine rings is 2. The average molecular weight is 928 g/mol. The molecule has 1 unspecified atom stereocenters. The van der Waals surface area contributed by atoms with E-state index in [9.17, 15) is 0 Å². The smallest absolute Gasteiger partial charge is 0.663 e. The number of fused-ring (bicyclic) bond motifs is 6. The molecule has 1 N–H and O–H groups in total. The minimum Gasteiger partial charge on any atom is -0.663 e. The fraction of sp³-hybridized carbons (Fsp3) is 0.442. The number of hydrogen-bond donors (Lipinski definition) is 1. The van der Waals surface area contributed by atoms with Crippen LogP contribution in [-0.4, -0.2) is 36.1 Å². The summed E-state index contributed by atoms with van der Waals surface area (Å²) >= 11 is 0. The largest absolute Gasteiger partial charge is 4.00 e. The molecule has 1 aromatic heterocycles. The summed E-state index contributed by atoms with van der Waals surface area (Å²) in [4.78, 5) is 8.43. The topological polar surface area (TPSA) is 56.9 Å². The quantitative estimate of drug-likeness (QED) is 0.122. The van der Waals surface area contributed by atoms with Crippen molar-refractivity contribution in [3.05, 3.63) is 152 Å². The molecule has 10 rings (SSSR count). The van der Waals surface area contributed by atoms with E-state index in [1.54, 1.807) is 5.56 Å². The van der Waals surface area contributed by atoms with Gasteiger partial charge >= 0.3 is 25.8 Å². The maximum atomic E-state index is 4.83.